The normalized spacial score (nSPS) is 10.2. The average Bonchev–Trinajstić information content (AvgIpc) is 2.20. The highest BCUT2D eigenvalue weighted by Crippen LogP contribution is 2.22. The van der Waals surface area contributed by atoms with Crippen molar-refractivity contribution >= 4 is 23.3 Å². The smallest absolute Gasteiger partial charge is 0.236 e. The molecule has 6 heteroatoms. The van der Waals surface area contributed by atoms with Crippen LogP contribution in [-0.4, -0.2) is 29.0 Å². The van der Waals surface area contributed by atoms with Crippen LogP contribution in [0.3, 0.4) is 0 Å². The summed E-state index contributed by atoms with van der Waals surface area (Å²) in [7, 11) is 0. The highest BCUT2D eigenvalue weighted by atomic mass is 35.5. The molecule has 1 heterocycles. The number of hydrogen-bond acceptors (Lipinski definition) is 4. The van der Waals surface area contributed by atoms with E-state index in [0.29, 0.717) is 23.3 Å². The molecule has 0 aliphatic heterocycles. The minimum Gasteiger partial charge on any atom is -0.368 e. The van der Waals surface area contributed by atoms with Gasteiger partial charge < -0.3 is 10.6 Å². The first-order valence-corrected chi connectivity index (χ1v) is 5.37. The second-order valence-electron chi connectivity index (χ2n) is 3.49. The van der Waals surface area contributed by atoms with E-state index in [1.165, 1.54) is 0 Å². The number of rotatable bonds is 4. The number of nitrogens with zero attached hydrogens (tertiary/aromatic N) is 3. The molecule has 1 aromatic rings. The summed E-state index contributed by atoms with van der Waals surface area (Å²) in [5.41, 5.74) is 5.94. The molecule has 16 heavy (non-hydrogen) atoms. The van der Waals surface area contributed by atoms with Gasteiger partial charge >= 0.3 is 0 Å². The van der Waals surface area contributed by atoms with E-state index < -0.39 is 5.91 Å². The third-order valence-electron chi connectivity index (χ3n) is 2.20. The van der Waals surface area contributed by atoms with E-state index in [1.807, 2.05) is 13.8 Å². The van der Waals surface area contributed by atoms with Crippen molar-refractivity contribution in [1.29, 1.82) is 0 Å². The Kier molecular flexibility index (Phi) is 4.06. The van der Waals surface area contributed by atoms with Crippen molar-refractivity contribution in [3.05, 3.63) is 16.5 Å². The topological polar surface area (TPSA) is 72.1 Å². The Hall–Kier alpha value is -1.36. The molecule has 0 unspecified atom stereocenters. The minimum atomic E-state index is -0.395. The van der Waals surface area contributed by atoms with Crippen LogP contribution in [0.4, 0.5) is 5.82 Å². The van der Waals surface area contributed by atoms with Crippen LogP contribution in [0.25, 0.3) is 0 Å². The van der Waals surface area contributed by atoms with E-state index in [-0.39, 0.29) is 6.54 Å². The molecule has 2 N–H and O–H groups in total. The van der Waals surface area contributed by atoms with E-state index in [4.69, 9.17) is 17.3 Å². The van der Waals surface area contributed by atoms with Crippen LogP contribution in [0.15, 0.2) is 0 Å². The Labute approximate surface area is 99.6 Å². The highest BCUT2D eigenvalue weighted by molar-refractivity contribution is 6.30. The predicted octanol–water partition coefficient (Wildman–Crippen LogP) is 1.06. The molecular weight excluding hydrogens is 228 g/mol. The zero-order chi connectivity index (χ0) is 12.3. The van der Waals surface area contributed by atoms with Gasteiger partial charge in [-0.3, -0.25) is 4.79 Å². The van der Waals surface area contributed by atoms with Crippen molar-refractivity contribution in [2.24, 2.45) is 5.73 Å². The van der Waals surface area contributed by atoms with Crippen LogP contribution in [0.2, 0.25) is 5.15 Å². The monoisotopic (exact) mass is 242 g/mol. The second kappa shape index (κ2) is 5.12. The molecular formula is C10H15ClN4O. The Balaban J connectivity index is 3.13. The van der Waals surface area contributed by atoms with Gasteiger partial charge in [0.1, 0.15) is 16.8 Å². The molecule has 5 nitrogen and oxygen atoms in total. The van der Waals surface area contributed by atoms with Crippen molar-refractivity contribution in [1.82, 2.24) is 9.97 Å². The van der Waals surface area contributed by atoms with E-state index >= 15 is 0 Å². The lowest BCUT2D eigenvalue weighted by Gasteiger charge is -2.22. The SMILES string of the molecule is CCN(CC(N)=O)c1nc(C)nc(Cl)c1C. The molecule has 0 saturated heterocycles. The molecule has 0 fully saturated rings. The Morgan fingerprint density at radius 1 is 1.44 bits per heavy atom. The standard InChI is InChI=1S/C10H15ClN4O/c1-4-15(5-8(12)16)10-6(2)9(11)13-7(3)14-10/h4-5H2,1-3H3,(H2,12,16). The fourth-order valence-electron chi connectivity index (χ4n) is 1.41. The van der Waals surface area contributed by atoms with Crippen molar-refractivity contribution in [2.45, 2.75) is 20.8 Å². The Morgan fingerprint density at radius 3 is 2.56 bits per heavy atom. The van der Waals surface area contributed by atoms with Gasteiger partial charge in [0.25, 0.3) is 0 Å². The average molecular weight is 243 g/mol. The molecule has 0 aliphatic carbocycles. The summed E-state index contributed by atoms with van der Waals surface area (Å²) in [6.07, 6.45) is 0. The van der Waals surface area contributed by atoms with Crippen LogP contribution < -0.4 is 10.6 Å². The molecule has 0 saturated carbocycles. The fourth-order valence-corrected chi connectivity index (χ4v) is 1.62. The molecule has 0 bridgehead atoms. The van der Waals surface area contributed by atoms with E-state index in [0.717, 1.165) is 5.56 Å². The first-order chi connectivity index (χ1) is 7.45. The van der Waals surface area contributed by atoms with Gasteiger partial charge in [0.2, 0.25) is 5.91 Å². The molecule has 0 spiro atoms. The summed E-state index contributed by atoms with van der Waals surface area (Å²) in [5.74, 6) is 0.848. The number of aryl methyl sites for hydroxylation is 1. The van der Waals surface area contributed by atoms with Crippen LogP contribution in [-0.2, 0) is 4.79 Å². The van der Waals surface area contributed by atoms with Gasteiger partial charge in [-0.05, 0) is 20.8 Å². The molecule has 0 aromatic carbocycles. The van der Waals surface area contributed by atoms with E-state index in [1.54, 1.807) is 11.8 Å². The van der Waals surface area contributed by atoms with E-state index in [9.17, 15) is 4.79 Å². The number of amides is 1. The second-order valence-corrected chi connectivity index (χ2v) is 3.85. The number of primary amides is 1. The number of anilines is 1. The molecule has 1 rings (SSSR count). The number of hydrogen-bond donors (Lipinski definition) is 1. The van der Waals surface area contributed by atoms with Crippen molar-refractivity contribution in [3.63, 3.8) is 0 Å². The molecule has 0 radical (unpaired) electrons. The zero-order valence-corrected chi connectivity index (χ0v) is 10.4. The highest BCUT2D eigenvalue weighted by Gasteiger charge is 2.14. The number of nitrogens with two attached hydrogens (primary N) is 1. The lowest BCUT2D eigenvalue weighted by molar-refractivity contribution is -0.116. The van der Waals surface area contributed by atoms with Gasteiger partial charge in [0.15, 0.2) is 0 Å². The third-order valence-corrected chi connectivity index (χ3v) is 2.57. The first-order valence-electron chi connectivity index (χ1n) is 4.99. The van der Waals surface area contributed by atoms with Crippen LogP contribution in [0.5, 0.6) is 0 Å². The lowest BCUT2D eigenvalue weighted by atomic mass is 10.3. The van der Waals surface area contributed by atoms with E-state index in [2.05, 4.69) is 9.97 Å². The predicted molar refractivity (Wildman–Crippen MR) is 63.6 cm³/mol. The van der Waals surface area contributed by atoms with Gasteiger partial charge in [-0.1, -0.05) is 11.6 Å². The van der Waals surface area contributed by atoms with Crippen molar-refractivity contribution in [2.75, 3.05) is 18.0 Å². The molecule has 0 aliphatic rings. The van der Waals surface area contributed by atoms with Crippen molar-refractivity contribution < 1.29 is 4.79 Å². The number of likely N-dealkylation sites (N-methyl/N-ethyl adjacent to an activating group) is 1. The summed E-state index contributed by atoms with van der Waals surface area (Å²) >= 11 is 5.96. The number of carbonyl (C=O) groups is 1. The number of carbonyl (C=O) groups excluding carboxylic acids is 1. The van der Waals surface area contributed by atoms with Crippen LogP contribution in [0.1, 0.15) is 18.3 Å². The van der Waals surface area contributed by atoms with Gasteiger partial charge in [-0.2, -0.15) is 0 Å². The van der Waals surface area contributed by atoms with Crippen molar-refractivity contribution in [3.8, 4) is 0 Å². The van der Waals surface area contributed by atoms with Gasteiger partial charge in [-0.15, -0.1) is 0 Å². The van der Waals surface area contributed by atoms with Gasteiger partial charge in [-0.25, -0.2) is 9.97 Å². The maximum atomic E-state index is 10.9. The lowest BCUT2D eigenvalue weighted by Crippen LogP contribution is -2.34. The van der Waals surface area contributed by atoms with Gasteiger partial charge in [0.05, 0.1) is 6.54 Å². The van der Waals surface area contributed by atoms with Crippen LogP contribution in [0, 0.1) is 13.8 Å². The first kappa shape index (κ1) is 12.7. The van der Waals surface area contributed by atoms with Crippen LogP contribution >= 0.6 is 11.6 Å². The quantitative estimate of drug-likeness (QED) is 0.802. The maximum absolute atomic E-state index is 10.9. The molecule has 1 aromatic heterocycles. The Morgan fingerprint density at radius 2 is 2.06 bits per heavy atom. The zero-order valence-electron chi connectivity index (χ0n) is 9.62. The molecule has 88 valence electrons. The minimum absolute atomic E-state index is 0.129. The summed E-state index contributed by atoms with van der Waals surface area (Å²) in [4.78, 5) is 21.0. The largest absolute Gasteiger partial charge is 0.368 e. The number of aromatic nitrogens is 2. The summed E-state index contributed by atoms with van der Waals surface area (Å²) < 4.78 is 0. The number of halogens is 1. The molecule has 0 atom stereocenters. The summed E-state index contributed by atoms with van der Waals surface area (Å²) in [5, 5.41) is 0.408. The fraction of sp³-hybridized carbons (Fsp3) is 0.500. The third kappa shape index (κ3) is 2.82. The van der Waals surface area contributed by atoms with Gasteiger partial charge in [0, 0.05) is 12.1 Å². The summed E-state index contributed by atoms with van der Waals surface area (Å²) in [6.45, 7) is 6.27. The summed E-state index contributed by atoms with van der Waals surface area (Å²) in [6, 6.07) is 0. The molecule has 1 amide bonds. The Bertz CT molecular complexity index is 408. The maximum Gasteiger partial charge on any atom is 0.236 e.